The van der Waals surface area contributed by atoms with Gasteiger partial charge in [-0.1, -0.05) is 41.9 Å². The van der Waals surface area contributed by atoms with Gasteiger partial charge in [-0.05, 0) is 59.1 Å². The van der Waals surface area contributed by atoms with Crippen molar-refractivity contribution in [3.63, 3.8) is 0 Å². The number of benzene rings is 3. The van der Waals surface area contributed by atoms with Crippen LogP contribution < -0.4 is 4.90 Å². The Bertz CT molecular complexity index is 1630. The van der Waals surface area contributed by atoms with Gasteiger partial charge in [0.1, 0.15) is 5.82 Å². The first-order valence-electron chi connectivity index (χ1n) is 9.87. The van der Waals surface area contributed by atoms with E-state index in [2.05, 4.69) is 15.2 Å². The minimum absolute atomic E-state index is 0.207. The van der Waals surface area contributed by atoms with Gasteiger partial charge in [0, 0.05) is 19.0 Å². The maximum Gasteiger partial charge on any atom is 0.258 e. The Kier molecular flexibility index (Phi) is 5.23. The molecule has 0 spiro atoms. The number of halogens is 2. The van der Waals surface area contributed by atoms with Gasteiger partial charge in [0.15, 0.2) is 9.84 Å². The summed E-state index contributed by atoms with van der Waals surface area (Å²) in [6, 6.07) is 20.2. The molecular weight excluding hydrogens is 481 g/mol. The van der Waals surface area contributed by atoms with E-state index < -0.39 is 9.84 Å². The molecule has 0 fully saturated rings. The molecule has 166 valence electrons. The molecule has 5 aromatic rings. The summed E-state index contributed by atoms with van der Waals surface area (Å²) in [4.78, 5) is 6.89. The summed E-state index contributed by atoms with van der Waals surface area (Å²) < 4.78 is 25.2. The molecule has 0 atom stereocenters. The Morgan fingerprint density at radius 2 is 1.64 bits per heavy atom. The SMILES string of the molecule is CN(c1cccc(-c2ccc(S(C)(=O)=O)cc2)c1)c1nc2nnc(Cl)n2c2cccc(Cl)c12. The molecule has 3 aromatic carbocycles. The lowest BCUT2D eigenvalue weighted by Crippen LogP contribution is -2.13. The van der Waals surface area contributed by atoms with Crippen LogP contribution in [0.4, 0.5) is 11.5 Å². The molecule has 0 amide bonds. The Labute approximate surface area is 200 Å². The second-order valence-corrected chi connectivity index (χ2v) is 10.3. The van der Waals surface area contributed by atoms with Crippen LogP contribution in [0.2, 0.25) is 10.3 Å². The summed E-state index contributed by atoms with van der Waals surface area (Å²) >= 11 is 12.8. The molecule has 0 unspecified atom stereocenters. The third kappa shape index (κ3) is 3.80. The highest BCUT2D eigenvalue weighted by atomic mass is 35.5. The van der Waals surface area contributed by atoms with E-state index >= 15 is 0 Å². The maximum absolute atomic E-state index is 11.8. The zero-order chi connectivity index (χ0) is 23.3. The van der Waals surface area contributed by atoms with Crippen LogP contribution in [0, 0.1) is 0 Å². The highest BCUT2D eigenvalue weighted by molar-refractivity contribution is 7.90. The van der Waals surface area contributed by atoms with E-state index in [1.165, 1.54) is 6.26 Å². The van der Waals surface area contributed by atoms with Crippen LogP contribution in [0.1, 0.15) is 0 Å². The van der Waals surface area contributed by atoms with Gasteiger partial charge in [-0.25, -0.2) is 12.8 Å². The summed E-state index contributed by atoms with van der Waals surface area (Å²) in [5.41, 5.74) is 3.44. The van der Waals surface area contributed by atoms with E-state index in [1.54, 1.807) is 34.7 Å². The third-order valence-electron chi connectivity index (χ3n) is 5.44. The molecule has 0 aliphatic carbocycles. The van der Waals surface area contributed by atoms with Gasteiger partial charge in [-0.3, -0.25) is 0 Å². The molecule has 0 aliphatic rings. The summed E-state index contributed by atoms with van der Waals surface area (Å²) in [7, 11) is -1.36. The van der Waals surface area contributed by atoms with Gasteiger partial charge in [-0.15, -0.1) is 10.2 Å². The van der Waals surface area contributed by atoms with Crippen LogP contribution >= 0.6 is 23.2 Å². The summed E-state index contributed by atoms with van der Waals surface area (Å²) in [5.74, 6) is 0.973. The summed E-state index contributed by atoms with van der Waals surface area (Å²) in [6.45, 7) is 0. The van der Waals surface area contributed by atoms with Gasteiger partial charge in [0.25, 0.3) is 5.78 Å². The van der Waals surface area contributed by atoms with E-state index in [1.807, 2.05) is 48.3 Å². The lowest BCUT2D eigenvalue weighted by molar-refractivity contribution is 0.602. The van der Waals surface area contributed by atoms with Crippen LogP contribution in [0.5, 0.6) is 0 Å². The second kappa shape index (κ2) is 7.98. The standard InChI is InChI=1S/C23H17Cl2N5O2S/c1-29(16-6-3-5-15(13-16)14-9-11-17(12-10-14)33(2,31)32)21-20-18(24)7-4-8-19(20)30-22(25)27-28-23(30)26-21/h3-13H,1-2H3. The second-order valence-electron chi connectivity index (χ2n) is 7.58. The fourth-order valence-electron chi connectivity index (χ4n) is 3.76. The predicted octanol–water partition coefficient (Wildman–Crippen LogP) is 5.42. The molecule has 33 heavy (non-hydrogen) atoms. The van der Waals surface area contributed by atoms with Crippen molar-refractivity contribution in [3.05, 3.63) is 77.0 Å². The first-order valence-corrected chi connectivity index (χ1v) is 12.5. The van der Waals surface area contributed by atoms with Gasteiger partial charge < -0.3 is 4.90 Å². The first-order chi connectivity index (χ1) is 15.7. The van der Waals surface area contributed by atoms with Crippen molar-refractivity contribution in [2.24, 2.45) is 0 Å². The van der Waals surface area contributed by atoms with Crippen LogP contribution in [0.15, 0.2) is 71.6 Å². The van der Waals surface area contributed by atoms with Gasteiger partial charge in [-0.2, -0.15) is 4.98 Å². The minimum atomic E-state index is -3.25. The Morgan fingerprint density at radius 1 is 0.909 bits per heavy atom. The Balaban J connectivity index is 1.63. The quantitative estimate of drug-likeness (QED) is 0.329. The zero-order valence-electron chi connectivity index (χ0n) is 17.6. The Morgan fingerprint density at radius 3 is 2.36 bits per heavy atom. The average Bonchev–Trinajstić information content (AvgIpc) is 3.18. The smallest absolute Gasteiger partial charge is 0.258 e. The highest BCUT2D eigenvalue weighted by Crippen LogP contribution is 2.36. The van der Waals surface area contributed by atoms with Gasteiger partial charge in [0.05, 0.1) is 20.8 Å². The number of sulfone groups is 1. The van der Waals surface area contributed by atoms with Crippen molar-refractivity contribution in [3.8, 4) is 11.1 Å². The molecule has 0 saturated heterocycles. The van der Waals surface area contributed by atoms with E-state index in [0.717, 1.165) is 27.7 Å². The molecule has 0 aliphatic heterocycles. The van der Waals surface area contributed by atoms with Gasteiger partial charge >= 0.3 is 0 Å². The minimum Gasteiger partial charge on any atom is -0.329 e. The lowest BCUT2D eigenvalue weighted by atomic mass is 10.0. The largest absolute Gasteiger partial charge is 0.329 e. The monoisotopic (exact) mass is 497 g/mol. The number of fused-ring (bicyclic) bond motifs is 3. The fourth-order valence-corrected chi connectivity index (χ4v) is 4.85. The van der Waals surface area contributed by atoms with Crippen molar-refractivity contribution in [2.75, 3.05) is 18.2 Å². The molecule has 0 radical (unpaired) electrons. The van der Waals surface area contributed by atoms with E-state index in [0.29, 0.717) is 16.6 Å². The summed E-state index contributed by atoms with van der Waals surface area (Å²) in [5, 5.41) is 9.47. The van der Waals surface area contributed by atoms with Crippen molar-refractivity contribution >= 4 is 61.2 Å². The molecule has 5 rings (SSSR count). The van der Waals surface area contributed by atoms with Crippen LogP contribution in [0.25, 0.3) is 27.8 Å². The molecule has 0 bridgehead atoms. The molecule has 2 aromatic heterocycles. The molecule has 7 nitrogen and oxygen atoms in total. The molecule has 2 heterocycles. The van der Waals surface area contributed by atoms with E-state index in [9.17, 15) is 8.42 Å². The molecule has 10 heteroatoms. The number of anilines is 2. The maximum atomic E-state index is 11.8. The van der Waals surface area contributed by atoms with Crippen molar-refractivity contribution in [1.29, 1.82) is 0 Å². The molecule has 0 N–H and O–H groups in total. The number of nitrogens with zero attached hydrogens (tertiary/aromatic N) is 5. The Hall–Kier alpha value is -3.20. The van der Waals surface area contributed by atoms with E-state index in [4.69, 9.17) is 23.2 Å². The number of aromatic nitrogens is 4. The lowest BCUT2D eigenvalue weighted by Gasteiger charge is -2.22. The highest BCUT2D eigenvalue weighted by Gasteiger charge is 2.19. The first kappa shape index (κ1) is 21.6. The summed E-state index contributed by atoms with van der Waals surface area (Å²) in [6.07, 6.45) is 1.19. The van der Waals surface area contributed by atoms with Crippen molar-refractivity contribution < 1.29 is 8.42 Å². The number of hydrogen-bond donors (Lipinski definition) is 0. The third-order valence-corrected chi connectivity index (χ3v) is 7.12. The predicted molar refractivity (Wildman–Crippen MR) is 131 cm³/mol. The van der Waals surface area contributed by atoms with Crippen LogP contribution in [-0.4, -0.2) is 41.3 Å². The van der Waals surface area contributed by atoms with Crippen LogP contribution in [-0.2, 0) is 9.84 Å². The number of hydrogen-bond acceptors (Lipinski definition) is 6. The van der Waals surface area contributed by atoms with E-state index in [-0.39, 0.29) is 10.2 Å². The van der Waals surface area contributed by atoms with Crippen molar-refractivity contribution in [1.82, 2.24) is 19.6 Å². The normalized spacial score (nSPS) is 11.9. The molecular formula is C23H17Cl2N5O2S. The van der Waals surface area contributed by atoms with Gasteiger partial charge in [0.2, 0.25) is 5.28 Å². The number of rotatable bonds is 4. The average molecular weight is 498 g/mol. The molecule has 0 saturated carbocycles. The fraction of sp³-hybridized carbons (Fsp3) is 0.0870. The zero-order valence-corrected chi connectivity index (χ0v) is 19.9. The van der Waals surface area contributed by atoms with Crippen LogP contribution in [0.3, 0.4) is 0 Å². The van der Waals surface area contributed by atoms with Crippen molar-refractivity contribution in [2.45, 2.75) is 4.90 Å². The topological polar surface area (TPSA) is 80.5 Å².